The number of H-pyrrole nitrogens is 1. The number of aromatic amines is 1. The summed E-state index contributed by atoms with van der Waals surface area (Å²) < 4.78 is 6.54. The Morgan fingerprint density at radius 1 is 0.412 bits per heavy atom. The summed E-state index contributed by atoms with van der Waals surface area (Å²) in [6.07, 6.45) is 0. The average Bonchev–Trinajstić information content (AvgIpc) is 2.82. The van der Waals surface area contributed by atoms with E-state index in [1.807, 2.05) is 41.5 Å². The third kappa shape index (κ3) is 2.54. The molecule has 0 saturated heterocycles. The Balaban J connectivity index is 2.20. The van der Waals surface area contributed by atoms with Crippen molar-refractivity contribution < 1.29 is 4.42 Å². The highest BCUT2D eigenvalue weighted by atomic mass is 16.3. The first kappa shape index (κ1) is 22.4. The van der Waals surface area contributed by atoms with Crippen LogP contribution in [0.2, 0.25) is 0 Å². The van der Waals surface area contributed by atoms with Crippen LogP contribution in [0.25, 0.3) is 43.7 Å². The fourth-order valence-electron chi connectivity index (χ4n) is 5.64. The molecule has 5 aromatic rings. The van der Waals surface area contributed by atoms with Crippen molar-refractivity contribution in [1.82, 2.24) is 4.98 Å². The first-order valence-electron chi connectivity index (χ1n) is 11.8. The van der Waals surface area contributed by atoms with E-state index in [0.29, 0.717) is 32.6 Å². The third-order valence-electron chi connectivity index (χ3n) is 8.69. The predicted molar refractivity (Wildman–Crippen MR) is 143 cm³/mol. The van der Waals surface area contributed by atoms with E-state index in [2.05, 4.69) is 32.7 Å². The molecule has 0 bridgehead atoms. The van der Waals surface area contributed by atoms with Crippen molar-refractivity contribution in [1.29, 1.82) is 0 Å². The van der Waals surface area contributed by atoms with Crippen LogP contribution < -0.4 is 10.9 Å². The maximum atomic E-state index is 14.2. The summed E-state index contributed by atoms with van der Waals surface area (Å²) >= 11 is 0. The normalized spacial score (nSPS) is 12.1. The molecule has 0 aliphatic rings. The molecule has 1 aromatic heterocycles. The van der Waals surface area contributed by atoms with Gasteiger partial charge in [-0.05, 0) is 125 Å². The number of rotatable bonds is 0. The molecule has 0 unspecified atom stereocenters. The van der Waals surface area contributed by atoms with E-state index < -0.39 is 0 Å². The zero-order chi connectivity index (χ0) is 25.0. The van der Waals surface area contributed by atoms with Crippen LogP contribution >= 0.6 is 0 Å². The lowest BCUT2D eigenvalue weighted by molar-refractivity contribution is 0.649. The van der Waals surface area contributed by atoms with Gasteiger partial charge in [-0.3, -0.25) is 9.59 Å². The van der Waals surface area contributed by atoms with E-state index in [0.717, 1.165) is 55.6 Å². The lowest BCUT2D eigenvalue weighted by atomic mass is 9.87. The SMILES string of the molecule is Cc1c(C)c(C)c2oc3c(C)c(C)c4c(=O)c5c(C)c(C)c(C)c(C)c5c(=O)c4c3[nH]c2c1C. The molecule has 0 spiro atoms. The Kier molecular flexibility index (Phi) is 4.64. The molecular weight excluding hydrogens is 422 g/mol. The predicted octanol–water partition coefficient (Wildman–Crippen LogP) is 7.03. The van der Waals surface area contributed by atoms with Gasteiger partial charge >= 0.3 is 0 Å². The lowest BCUT2D eigenvalue weighted by Gasteiger charge is -2.18. The molecule has 0 aliphatic carbocycles. The minimum Gasteiger partial charge on any atom is -0.452 e. The van der Waals surface area contributed by atoms with Crippen molar-refractivity contribution in [3.8, 4) is 0 Å². The van der Waals surface area contributed by atoms with Gasteiger partial charge < -0.3 is 9.40 Å². The molecule has 34 heavy (non-hydrogen) atoms. The molecule has 5 rings (SSSR count). The van der Waals surface area contributed by atoms with E-state index in [1.54, 1.807) is 0 Å². The van der Waals surface area contributed by atoms with Crippen molar-refractivity contribution in [3.05, 3.63) is 76.1 Å². The molecule has 4 heteroatoms. The zero-order valence-corrected chi connectivity index (χ0v) is 21.7. The Bertz CT molecular complexity index is 1880. The number of aromatic nitrogens is 1. The molecule has 0 saturated carbocycles. The van der Waals surface area contributed by atoms with E-state index in [9.17, 15) is 9.59 Å². The summed E-state index contributed by atoms with van der Waals surface area (Å²) in [5.74, 6) is 0. The van der Waals surface area contributed by atoms with E-state index in [-0.39, 0.29) is 10.9 Å². The largest absolute Gasteiger partial charge is 0.452 e. The number of benzene rings is 4. The fourth-order valence-corrected chi connectivity index (χ4v) is 5.64. The molecule has 0 aliphatic heterocycles. The summed E-state index contributed by atoms with van der Waals surface area (Å²) in [5, 5.41) is 2.01. The quantitative estimate of drug-likeness (QED) is 0.202. The zero-order valence-electron chi connectivity index (χ0n) is 21.7. The molecule has 0 fully saturated rings. The number of hydrogen-bond acceptors (Lipinski definition) is 3. The molecule has 0 atom stereocenters. The first-order chi connectivity index (χ1) is 15.9. The molecular formula is C30H31NO3. The van der Waals surface area contributed by atoms with Gasteiger partial charge in [0.15, 0.2) is 22.0 Å². The molecule has 4 aromatic carbocycles. The van der Waals surface area contributed by atoms with Gasteiger partial charge in [0, 0.05) is 16.2 Å². The van der Waals surface area contributed by atoms with Gasteiger partial charge in [-0.25, -0.2) is 0 Å². The van der Waals surface area contributed by atoms with Crippen molar-refractivity contribution in [2.45, 2.75) is 69.2 Å². The van der Waals surface area contributed by atoms with Crippen LogP contribution in [0.4, 0.5) is 0 Å². The molecule has 0 amide bonds. The Morgan fingerprint density at radius 3 is 1.32 bits per heavy atom. The maximum absolute atomic E-state index is 14.2. The second kappa shape index (κ2) is 7.05. The van der Waals surface area contributed by atoms with Crippen molar-refractivity contribution >= 4 is 43.7 Å². The van der Waals surface area contributed by atoms with Crippen molar-refractivity contribution in [2.75, 3.05) is 0 Å². The van der Waals surface area contributed by atoms with Gasteiger partial charge in [-0.2, -0.15) is 0 Å². The Labute approximate surface area is 198 Å². The van der Waals surface area contributed by atoms with Crippen LogP contribution in [0.3, 0.4) is 0 Å². The van der Waals surface area contributed by atoms with Crippen LogP contribution in [0, 0.1) is 69.2 Å². The summed E-state index contributed by atoms with van der Waals surface area (Å²) in [4.78, 5) is 31.7. The third-order valence-corrected chi connectivity index (χ3v) is 8.69. The maximum Gasteiger partial charge on any atom is 0.197 e. The van der Waals surface area contributed by atoms with Crippen molar-refractivity contribution in [3.63, 3.8) is 0 Å². The first-order valence-corrected chi connectivity index (χ1v) is 11.8. The van der Waals surface area contributed by atoms with Crippen LogP contribution in [-0.2, 0) is 0 Å². The Morgan fingerprint density at radius 2 is 0.765 bits per heavy atom. The Hall–Kier alpha value is -3.40. The molecule has 4 nitrogen and oxygen atoms in total. The molecule has 0 radical (unpaired) electrons. The summed E-state index contributed by atoms with van der Waals surface area (Å²) in [5.41, 5.74) is 12.9. The second-order valence-electron chi connectivity index (χ2n) is 10.0. The van der Waals surface area contributed by atoms with Crippen LogP contribution in [0.15, 0.2) is 14.0 Å². The van der Waals surface area contributed by atoms with Gasteiger partial charge in [0.1, 0.15) is 0 Å². The second-order valence-corrected chi connectivity index (χ2v) is 10.0. The molecule has 174 valence electrons. The number of hydrogen-bond donors (Lipinski definition) is 1. The summed E-state index contributed by atoms with van der Waals surface area (Å²) in [7, 11) is 0. The summed E-state index contributed by atoms with van der Waals surface area (Å²) in [6.45, 7) is 20.2. The van der Waals surface area contributed by atoms with E-state index in [1.165, 1.54) is 11.1 Å². The van der Waals surface area contributed by atoms with Crippen LogP contribution in [0.1, 0.15) is 55.6 Å². The average molecular weight is 454 g/mol. The number of nitrogens with one attached hydrogen (secondary N) is 1. The van der Waals surface area contributed by atoms with E-state index >= 15 is 0 Å². The molecule has 1 N–H and O–H groups in total. The van der Waals surface area contributed by atoms with Crippen molar-refractivity contribution in [2.24, 2.45) is 0 Å². The topological polar surface area (TPSA) is 63.1 Å². The lowest BCUT2D eigenvalue weighted by Crippen LogP contribution is -2.18. The fraction of sp³-hybridized carbons (Fsp3) is 0.333. The van der Waals surface area contributed by atoms with Crippen LogP contribution in [0.5, 0.6) is 0 Å². The van der Waals surface area contributed by atoms with Gasteiger partial charge in [0.2, 0.25) is 0 Å². The standard InChI is InChI=1S/C30H31NO3/c1-11-12(2)16(6)22-21(15(11)5)27(32)23-17(7)20(10)30-26(24(23)28(22)33)31-25-18(8)13(3)14(4)19(9)29(25)34-30/h31H,1-10H3. The van der Waals surface area contributed by atoms with Crippen LogP contribution in [-0.4, -0.2) is 4.98 Å². The minimum atomic E-state index is -0.106. The monoisotopic (exact) mass is 453 g/mol. The number of fused-ring (bicyclic) bond motifs is 5. The highest BCUT2D eigenvalue weighted by molar-refractivity contribution is 6.13. The van der Waals surface area contributed by atoms with E-state index in [4.69, 9.17) is 4.42 Å². The summed E-state index contributed by atoms with van der Waals surface area (Å²) in [6, 6.07) is 0. The highest BCUT2D eigenvalue weighted by Gasteiger charge is 2.24. The van der Waals surface area contributed by atoms with Gasteiger partial charge in [-0.1, -0.05) is 0 Å². The smallest absolute Gasteiger partial charge is 0.197 e. The van der Waals surface area contributed by atoms with Gasteiger partial charge in [0.25, 0.3) is 0 Å². The number of aryl methyl sites for hydroxylation is 6. The molecule has 1 heterocycles. The van der Waals surface area contributed by atoms with Gasteiger partial charge in [0.05, 0.1) is 16.4 Å². The van der Waals surface area contributed by atoms with Gasteiger partial charge in [-0.15, -0.1) is 0 Å². The highest BCUT2D eigenvalue weighted by Crippen LogP contribution is 2.36. The minimum absolute atomic E-state index is 0.0720.